The number of alkyl halides is 3. The molecule has 6 rings (SSSR count). The second-order valence-electron chi connectivity index (χ2n) is 10.3. The Kier molecular flexibility index (Phi) is 7.89. The largest absolute Gasteiger partial charge is 0.491 e. The molecule has 0 bridgehead atoms. The molecule has 0 radical (unpaired) electrons. The molecule has 2 aliphatic rings. The molecule has 4 aromatic rings. The fourth-order valence-corrected chi connectivity index (χ4v) is 5.38. The van der Waals surface area contributed by atoms with E-state index in [4.69, 9.17) is 19.7 Å². The summed E-state index contributed by atoms with van der Waals surface area (Å²) in [7, 11) is 1.63. The predicted octanol–water partition coefficient (Wildman–Crippen LogP) is 1.79. The average molecular weight is 604 g/mol. The lowest BCUT2D eigenvalue weighted by molar-refractivity contribution is -0.143. The molecular formula is C27H32F3N9O4. The first-order valence-electron chi connectivity index (χ1n) is 13.8. The summed E-state index contributed by atoms with van der Waals surface area (Å²) >= 11 is 0. The maximum absolute atomic E-state index is 13.7. The molecule has 16 heteroatoms. The summed E-state index contributed by atoms with van der Waals surface area (Å²) in [6, 6.07) is 11.2. The van der Waals surface area contributed by atoms with Crippen LogP contribution in [0.15, 0.2) is 56.9 Å². The van der Waals surface area contributed by atoms with Crippen LogP contribution in [0.4, 0.5) is 24.7 Å². The molecule has 230 valence electrons. The minimum Gasteiger partial charge on any atom is -0.491 e. The lowest BCUT2D eigenvalue weighted by atomic mass is 10.2. The van der Waals surface area contributed by atoms with Gasteiger partial charge in [-0.3, -0.25) is 19.5 Å². The highest BCUT2D eigenvalue weighted by Crippen LogP contribution is 2.28. The summed E-state index contributed by atoms with van der Waals surface area (Å²) in [6.07, 6.45) is -3.21. The number of hydrogen-bond donors (Lipinski definition) is 1. The number of aliphatic imine (C=N–C) groups is 1. The molecule has 43 heavy (non-hydrogen) atoms. The van der Waals surface area contributed by atoms with Crippen molar-refractivity contribution in [2.45, 2.75) is 19.3 Å². The predicted molar refractivity (Wildman–Crippen MR) is 152 cm³/mol. The first-order chi connectivity index (χ1) is 20.7. The van der Waals surface area contributed by atoms with E-state index in [9.17, 15) is 18.0 Å². The SMILES string of the molecule is COCCOc1ccc(N2CCN(CCn3c(=O)n(CC(F)(F)F)n4c5c(nc34)N(N)CN=C5c3ccco3)CC2)cc1. The van der Waals surface area contributed by atoms with Crippen LogP contribution in [0.2, 0.25) is 0 Å². The number of ether oxygens (including phenoxy) is 2. The van der Waals surface area contributed by atoms with Gasteiger partial charge >= 0.3 is 11.9 Å². The zero-order valence-corrected chi connectivity index (χ0v) is 23.5. The summed E-state index contributed by atoms with van der Waals surface area (Å²) in [5.41, 5.74) is 0.696. The van der Waals surface area contributed by atoms with Crippen molar-refractivity contribution >= 4 is 23.0 Å². The van der Waals surface area contributed by atoms with Crippen LogP contribution in [0.3, 0.4) is 0 Å². The number of benzene rings is 1. The van der Waals surface area contributed by atoms with Gasteiger partial charge in [-0.25, -0.2) is 19.8 Å². The third-order valence-electron chi connectivity index (χ3n) is 7.48. The Balaban J connectivity index is 1.20. The molecule has 3 aromatic heterocycles. The lowest BCUT2D eigenvalue weighted by Gasteiger charge is -2.36. The third kappa shape index (κ3) is 5.85. The Labute approximate surface area is 244 Å². The number of anilines is 2. The van der Waals surface area contributed by atoms with Gasteiger partial charge in [0.05, 0.1) is 12.9 Å². The molecule has 1 aromatic carbocycles. The van der Waals surface area contributed by atoms with Gasteiger partial charge in [0.25, 0.3) is 0 Å². The van der Waals surface area contributed by atoms with E-state index in [-0.39, 0.29) is 36.2 Å². The second kappa shape index (κ2) is 11.8. The number of hydrazine groups is 1. The summed E-state index contributed by atoms with van der Waals surface area (Å²) in [6.45, 7) is 3.08. The Morgan fingerprint density at radius 1 is 1.05 bits per heavy atom. The fourth-order valence-electron chi connectivity index (χ4n) is 5.38. The quantitative estimate of drug-likeness (QED) is 0.214. The molecule has 0 saturated carbocycles. The zero-order chi connectivity index (χ0) is 30.1. The van der Waals surface area contributed by atoms with Gasteiger partial charge in [0.1, 0.15) is 37.0 Å². The zero-order valence-electron chi connectivity index (χ0n) is 23.5. The Bertz CT molecular complexity index is 1630. The minimum atomic E-state index is -4.65. The monoisotopic (exact) mass is 603 g/mol. The van der Waals surface area contributed by atoms with Crippen LogP contribution >= 0.6 is 0 Å². The van der Waals surface area contributed by atoms with Crippen LogP contribution in [-0.4, -0.2) is 95.3 Å². The molecule has 0 aliphatic carbocycles. The number of furan rings is 1. The summed E-state index contributed by atoms with van der Waals surface area (Å²) < 4.78 is 60.2. The minimum absolute atomic E-state index is 0.0283. The molecule has 1 fully saturated rings. The van der Waals surface area contributed by atoms with Gasteiger partial charge in [0.2, 0.25) is 5.78 Å². The van der Waals surface area contributed by atoms with Gasteiger partial charge in [-0.2, -0.15) is 18.2 Å². The van der Waals surface area contributed by atoms with Gasteiger partial charge in [-0.15, -0.1) is 0 Å². The van der Waals surface area contributed by atoms with Gasteiger partial charge in [0.15, 0.2) is 11.6 Å². The van der Waals surface area contributed by atoms with Crippen molar-refractivity contribution in [3.8, 4) is 5.75 Å². The van der Waals surface area contributed by atoms with E-state index in [0.29, 0.717) is 30.2 Å². The topological polar surface area (TPSA) is 124 Å². The number of piperazine rings is 1. The van der Waals surface area contributed by atoms with E-state index in [1.807, 2.05) is 24.3 Å². The van der Waals surface area contributed by atoms with Crippen LogP contribution in [0.25, 0.3) is 5.78 Å². The van der Waals surface area contributed by atoms with Crippen LogP contribution in [-0.2, 0) is 17.8 Å². The van der Waals surface area contributed by atoms with Crippen molar-refractivity contribution in [3.05, 3.63) is 64.6 Å². The fraction of sp³-hybridized carbons (Fsp3) is 0.444. The summed E-state index contributed by atoms with van der Waals surface area (Å²) in [5.74, 6) is 7.49. The Hall–Kier alpha value is -4.28. The smallest absolute Gasteiger partial charge is 0.408 e. The highest BCUT2D eigenvalue weighted by atomic mass is 19.4. The number of hydrogen-bond acceptors (Lipinski definition) is 10. The Morgan fingerprint density at radius 3 is 2.49 bits per heavy atom. The average Bonchev–Trinajstić information content (AvgIpc) is 3.71. The molecule has 5 heterocycles. The maximum atomic E-state index is 13.7. The van der Waals surface area contributed by atoms with Crippen LogP contribution in [0.5, 0.6) is 5.75 Å². The van der Waals surface area contributed by atoms with Gasteiger partial charge < -0.3 is 18.8 Å². The molecular weight excluding hydrogens is 571 g/mol. The maximum Gasteiger partial charge on any atom is 0.408 e. The molecule has 1 saturated heterocycles. The number of nitrogens with zero attached hydrogens (tertiary/aromatic N) is 8. The molecule has 0 atom stereocenters. The van der Waals surface area contributed by atoms with Crippen molar-refractivity contribution in [2.24, 2.45) is 10.8 Å². The molecule has 0 unspecified atom stereocenters. The normalized spacial score (nSPS) is 16.2. The van der Waals surface area contributed by atoms with E-state index >= 15 is 0 Å². The van der Waals surface area contributed by atoms with E-state index < -0.39 is 18.4 Å². The molecule has 2 aliphatic heterocycles. The van der Waals surface area contributed by atoms with Crippen LogP contribution < -0.4 is 26.2 Å². The summed E-state index contributed by atoms with van der Waals surface area (Å²) in [5, 5.41) is 1.24. The van der Waals surface area contributed by atoms with Crippen LogP contribution in [0, 0.1) is 0 Å². The van der Waals surface area contributed by atoms with Crippen molar-refractivity contribution in [1.29, 1.82) is 0 Å². The van der Waals surface area contributed by atoms with Crippen molar-refractivity contribution in [3.63, 3.8) is 0 Å². The molecule has 2 N–H and O–H groups in total. The molecule has 13 nitrogen and oxygen atoms in total. The number of rotatable bonds is 10. The lowest BCUT2D eigenvalue weighted by Crippen LogP contribution is -2.47. The van der Waals surface area contributed by atoms with Crippen LogP contribution in [0.1, 0.15) is 11.5 Å². The first kappa shape index (κ1) is 28.8. The van der Waals surface area contributed by atoms with Crippen molar-refractivity contribution in [1.82, 2.24) is 23.6 Å². The standard InChI is InChI=1S/C27H32F3N9O4/c1-41-15-16-42-20-6-4-19(5-7-20)35-11-8-34(9-12-35)10-13-36-25-33-24-23(39(25)38(26(36)40)17-27(28,29)30)22(32-18-37(24)31)21-3-2-14-43-21/h2-7,14H,8-13,15-18,31H2,1H3. The number of imidazole rings is 1. The number of halogens is 3. The third-order valence-corrected chi connectivity index (χ3v) is 7.48. The van der Waals surface area contributed by atoms with Gasteiger partial charge in [-0.05, 0) is 36.4 Å². The highest BCUT2D eigenvalue weighted by Gasteiger charge is 2.36. The number of aromatic nitrogens is 4. The number of fused-ring (bicyclic) bond motifs is 3. The number of methoxy groups -OCH3 is 1. The Morgan fingerprint density at radius 2 is 1.81 bits per heavy atom. The number of nitrogens with two attached hydrogens (primary N) is 1. The van der Waals surface area contributed by atoms with E-state index in [2.05, 4.69) is 19.8 Å². The second-order valence-corrected chi connectivity index (χ2v) is 10.3. The van der Waals surface area contributed by atoms with E-state index in [0.717, 1.165) is 42.1 Å². The van der Waals surface area contributed by atoms with Crippen molar-refractivity contribution < 1.29 is 27.1 Å². The highest BCUT2D eigenvalue weighted by molar-refractivity contribution is 6.14. The summed E-state index contributed by atoms with van der Waals surface area (Å²) in [4.78, 5) is 26.8. The van der Waals surface area contributed by atoms with Gasteiger partial charge in [-0.1, -0.05) is 0 Å². The first-order valence-corrected chi connectivity index (χ1v) is 13.8. The van der Waals surface area contributed by atoms with Crippen molar-refractivity contribution in [2.75, 3.05) is 69.6 Å². The van der Waals surface area contributed by atoms with E-state index in [1.54, 1.807) is 19.2 Å². The van der Waals surface area contributed by atoms with E-state index in [1.165, 1.54) is 15.8 Å². The molecule has 0 amide bonds. The molecule has 0 spiro atoms. The van der Waals surface area contributed by atoms with Gasteiger partial charge in [0, 0.05) is 52.1 Å².